The third-order valence-corrected chi connectivity index (χ3v) is 6.85. The zero-order valence-corrected chi connectivity index (χ0v) is 21.7. The van der Waals surface area contributed by atoms with E-state index in [4.69, 9.17) is 0 Å². The average molecular weight is 500 g/mol. The molecule has 0 saturated heterocycles. The Labute approximate surface area is 218 Å². The first-order valence-corrected chi connectivity index (χ1v) is 12.8. The summed E-state index contributed by atoms with van der Waals surface area (Å²) in [5.41, 5.74) is 4.55. The summed E-state index contributed by atoms with van der Waals surface area (Å²) in [5.74, 6) is -0.525. The molecule has 1 saturated carbocycles. The van der Waals surface area contributed by atoms with E-state index in [1.807, 2.05) is 55.4 Å². The number of carbonyl (C=O) groups is 2. The summed E-state index contributed by atoms with van der Waals surface area (Å²) < 4.78 is 16.2. The molecule has 1 heterocycles. The monoisotopic (exact) mass is 499 g/mol. The molecule has 1 aromatic heterocycles. The van der Waals surface area contributed by atoms with Gasteiger partial charge in [-0.15, -0.1) is 0 Å². The molecular formula is C31H34FN3O2. The SMILES string of the molecule is CC(=O)/C=C/c1cncc(N(C(=O)C2CCCCC2)C(F)c2ccc(-c3ccc(N(C)C)cc3)cc2)c1. The van der Waals surface area contributed by atoms with Gasteiger partial charge < -0.3 is 4.90 Å². The molecule has 1 unspecified atom stereocenters. The zero-order valence-electron chi connectivity index (χ0n) is 21.7. The Bertz CT molecular complexity index is 1250. The van der Waals surface area contributed by atoms with Gasteiger partial charge in [-0.2, -0.15) is 0 Å². The van der Waals surface area contributed by atoms with Gasteiger partial charge in [0.25, 0.3) is 0 Å². The summed E-state index contributed by atoms with van der Waals surface area (Å²) in [4.78, 5) is 32.6. The Morgan fingerprint density at radius 2 is 1.54 bits per heavy atom. The average Bonchev–Trinajstić information content (AvgIpc) is 2.93. The van der Waals surface area contributed by atoms with Crippen LogP contribution >= 0.6 is 0 Å². The first kappa shape index (κ1) is 26.3. The Kier molecular flexibility index (Phi) is 8.49. The number of ketones is 1. The molecular weight excluding hydrogens is 465 g/mol. The van der Waals surface area contributed by atoms with Crippen molar-refractivity contribution >= 4 is 29.1 Å². The lowest BCUT2D eigenvalue weighted by molar-refractivity contribution is -0.124. The van der Waals surface area contributed by atoms with E-state index in [0.29, 0.717) is 16.8 Å². The van der Waals surface area contributed by atoms with Crippen LogP contribution in [0.15, 0.2) is 73.1 Å². The van der Waals surface area contributed by atoms with E-state index in [1.165, 1.54) is 24.1 Å². The summed E-state index contributed by atoms with van der Waals surface area (Å²) in [5, 5.41) is 0. The van der Waals surface area contributed by atoms with E-state index in [2.05, 4.69) is 4.98 Å². The van der Waals surface area contributed by atoms with Gasteiger partial charge in [0, 0.05) is 37.5 Å². The van der Waals surface area contributed by atoms with Crippen LogP contribution in [-0.2, 0) is 9.59 Å². The van der Waals surface area contributed by atoms with Gasteiger partial charge >= 0.3 is 0 Å². The number of anilines is 2. The van der Waals surface area contributed by atoms with E-state index < -0.39 is 6.30 Å². The Balaban J connectivity index is 1.64. The summed E-state index contributed by atoms with van der Waals surface area (Å²) in [6.07, 6.45) is 9.10. The van der Waals surface area contributed by atoms with E-state index in [9.17, 15) is 9.59 Å². The highest BCUT2D eigenvalue weighted by molar-refractivity contribution is 5.96. The van der Waals surface area contributed by atoms with Crippen LogP contribution in [0.3, 0.4) is 0 Å². The molecule has 3 aromatic rings. The highest BCUT2D eigenvalue weighted by Crippen LogP contribution is 2.35. The molecule has 1 amide bonds. The minimum absolute atomic E-state index is 0.0969. The number of nitrogens with zero attached hydrogens (tertiary/aromatic N) is 3. The lowest BCUT2D eigenvalue weighted by atomic mass is 9.88. The second-order valence-corrected chi connectivity index (χ2v) is 9.86. The van der Waals surface area contributed by atoms with Gasteiger partial charge in [-0.25, -0.2) is 4.39 Å². The van der Waals surface area contributed by atoms with E-state index in [0.717, 1.165) is 48.9 Å². The number of alkyl halides is 1. The first-order valence-electron chi connectivity index (χ1n) is 12.8. The number of carbonyl (C=O) groups excluding carboxylic acids is 2. The van der Waals surface area contributed by atoms with Gasteiger partial charge in [0.2, 0.25) is 12.2 Å². The highest BCUT2D eigenvalue weighted by Gasteiger charge is 2.33. The van der Waals surface area contributed by atoms with Crippen molar-refractivity contribution in [3.8, 4) is 11.1 Å². The van der Waals surface area contributed by atoms with Gasteiger partial charge in [-0.1, -0.05) is 55.7 Å². The molecule has 0 N–H and O–H groups in total. The molecule has 1 aliphatic rings. The van der Waals surface area contributed by atoms with Crippen LogP contribution in [0.5, 0.6) is 0 Å². The van der Waals surface area contributed by atoms with Crippen LogP contribution in [0.25, 0.3) is 17.2 Å². The molecule has 6 heteroatoms. The maximum absolute atomic E-state index is 16.2. The third kappa shape index (κ3) is 6.50. The smallest absolute Gasteiger partial charge is 0.232 e. The van der Waals surface area contributed by atoms with Crippen molar-refractivity contribution in [2.45, 2.75) is 45.3 Å². The third-order valence-electron chi connectivity index (χ3n) is 6.85. The topological polar surface area (TPSA) is 53.5 Å². The van der Waals surface area contributed by atoms with Crippen molar-refractivity contribution in [2.75, 3.05) is 23.9 Å². The quantitative estimate of drug-likeness (QED) is 0.247. The lowest BCUT2D eigenvalue weighted by Crippen LogP contribution is -2.38. The van der Waals surface area contributed by atoms with Crippen LogP contribution in [0, 0.1) is 5.92 Å². The molecule has 2 aromatic carbocycles. The number of hydrogen-bond acceptors (Lipinski definition) is 4. The number of aromatic nitrogens is 1. The molecule has 0 spiro atoms. The summed E-state index contributed by atoms with van der Waals surface area (Å²) >= 11 is 0. The second-order valence-electron chi connectivity index (χ2n) is 9.86. The first-order chi connectivity index (χ1) is 17.8. The Hall–Kier alpha value is -3.80. The van der Waals surface area contributed by atoms with Crippen LogP contribution in [0.1, 0.15) is 56.5 Å². The maximum Gasteiger partial charge on any atom is 0.232 e. The minimum Gasteiger partial charge on any atom is -0.378 e. The number of allylic oxidation sites excluding steroid dienone is 1. The summed E-state index contributed by atoms with van der Waals surface area (Å²) in [7, 11) is 3.99. The highest BCUT2D eigenvalue weighted by atomic mass is 19.1. The fourth-order valence-corrected chi connectivity index (χ4v) is 4.73. The fraction of sp³-hybridized carbons (Fsp3) is 0.323. The number of amides is 1. The van der Waals surface area contributed by atoms with Gasteiger partial charge in [-0.05, 0) is 66.8 Å². The lowest BCUT2D eigenvalue weighted by Gasteiger charge is -2.32. The second kappa shape index (κ2) is 12.0. The molecule has 0 bridgehead atoms. The largest absolute Gasteiger partial charge is 0.378 e. The molecule has 5 nitrogen and oxygen atoms in total. The van der Waals surface area contributed by atoms with Crippen LogP contribution in [0.2, 0.25) is 0 Å². The van der Waals surface area contributed by atoms with Crippen molar-refractivity contribution in [1.82, 2.24) is 4.98 Å². The Morgan fingerprint density at radius 3 is 2.14 bits per heavy atom. The molecule has 1 fully saturated rings. The molecule has 37 heavy (non-hydrogen) atoms. The molecule has 1 aliphatic carbocycles. The minimum atomic E-state index is -1.66. The number of pyridine rings is 1. The van der Waals surface area contributed by atoms with E-state index in [-0.39, 0.29) is 17.6 Å². The fourth-order valence-electron chi connectivity index (χ4n) is 4.73. The number of hydrogen-bond donors (Lipinski definition) is 0. The van der Waals surface area contributed by atoms with Gasteiger partial charge in [-0.3, -0.25) is 19.5 Å². The van der Waals surface area contributed by atoms with Crippen molar-refractivity contribution in [3.63, 3.8) is 0 Å². The summed E-state index contributed by atoms with van der Waals surface area (Å²) in [6.45, 7) is 1.46. The zero-order chi connectivity index (χ0) is 26.4. The predicted octanol–water partition coefficient (Wildman–Crippen LogP) is 7.00. The predicted molar refractivity (Wildman–Crippen MR) is 148 cm³/mol. The number of benzene rings is 2. The number of halogens is 1. The van der Waals surface area contributed by atoms with E-state index >= 15 is 4.39 Å². The van der Waals surface area contributed by atoms with Crippen molar-refractivity contribution in [3.05, 3.63) is 84.2 Å². The molecule has 4 rings (SSSR count). The molecule has 1 atom stereocenters. The van der Waals surface area contributed by atoms with Crippen molar-refractivity contribution < 1.29 is 14.0 Å². The summed E-state index contributed by atoms with van der Waals surface area (Å²) in [6, 6.07) is 17.2. The van der Waals surface area contributed by atoms with Crippen LogP contribution in [0.4, 0.5) is 15.8 Å². The standard InChI is InChI=1S/C31H34FN3O2/c1-22(36)9-10-23-19-29(21-33-20-23)35(31(37)27-7-5-4-6-8-27)30(32)26-13-11-24(12-14-26)25-15-17-28(18-16-25)34(2)3/h9-21,27,30H,4-8H2,1-3H3/b10-9+. The van der Waals surface area contributed by atoms with Gasteiger partial charge in [0.15, 0.2) is 5.78 Å². The molecule has 0 aliphatic heterocycles. The van der Waals surface area contributed by atoms with Crippen LogP contribution < -0.4 is 9.80 Å². The number of rotatable bonds is 8. The van der Waals surface area contributed by atoms with Gasteiger partial charge in [0.1, 0.15) is 0 Å². The van der Waals surface area contributed by atoms with Crippen LogP contribution in [-0.4, -0.2) is 30.8 Å². The molecule has 0 radical (unpaired) electrons. The van der Waals surface area contributed by atoms with E-state index in [1.54, 1.807) is 30.5 Å². The van der Waals surface area contributed by atoms with Crippen molar-refractivity contribution in [1.29, 1.82) is 0 Å². The molecule has 192 valence electrons. The normalized spacial score (nSPS) is 14.9. The maximum atomic E-state index is 16.2. The van der Waals surface area contributed by atoms with Gasteiger partial charge in [0.05, 0.1) is 11.9 Å². The van der Waals surface area contributed by atoms with Crippen molar-refractivity contribution in [2.24, 2.45) is 5.92 Å². The Morgan fingerprint density at radius 1 is 0.919 bits per heavy atom.